The van der Waals surface area contributed by atoms with Gasteiger partial charge in [-0.25, -0.2) is 4.98 Å². The van der Waals surface area contributed by atoms with Crippen molar-refractivity contribution in [3.63, 3.8) is 0 Å². The number of aromatic amines is 1. The lowest BCUT2D eigenvalue weighted by molar-refractivity contribution is 0.907. The number of benzene rings is 1. The average Bonchev–Trinajstić information content (AvgIpc) is 2.71. The van der Waals surface area contributed by atoms with E-state index in [4.69, 9.17) is 5.26 Å². The summed E-state index contributed by atoms with van der Waals surface area (Å²) < 4.78 is 0. The van der Waals surface area contributed by atoms with Crippen LogP contribution in [0.2, 0.25) is 0 Å². The van der Waals surface area contributed by atoms with Gasteiger partial charge in [0.2, 0.25) is 0 Å². The summed E-state index contributed by atoms with van der Waals surface area (Å²) in [6, 6.07) is 8.62. The van der Waals surface area contributed by atoms with Crippen LogP contribution >= 0.6 is 0 Å². The molecule has 0 saturated carbocycles. The summed E-state index contributed by atoms with van der Waals surface area (Å²) >= 11 is 0. The van der Waals surface area contributed by atoms with Gasteiger partial charge in [-0.2, -0.15) is 5.26 Å². The second-order valence-corrected chi connectivity index (χ2v) is 4.69. The maximum Gasteiger partial charge on any atom is 0.161 e. The van der Waals surface area contributed by atoms with Gasteiger partial charge in [0.1, 0.15) is 11.9 Å². The van der Waals surface area contributed by atoms with Crippen LogP contribution in [0.15, 0.2) is 18.2 Å². The molecule has 1 aromatic heterocycles. The lowest BCUT2D eigenvalue weighted by Gasteiger charge is -2.06. The van der Waals surface area contributed by atoms with Crippen molar-refractivity contribution in [2.24, 2.45) is 0 Å². The fourth-order valence-corrected chi connectivity index (χ4v) is 2.14. The van der Waals surface area contributed by atoms with Crippen molar-refractivity contribution in [1.29, 1.82) is 5.26 Å². The molecule has 18 heavy (non-hydrogen) atoms. The third-order valence-electron chi connectivity index (χ3n) is 3.15. The molecule has 0 unspecified atom stereocenters. The summed E-state index contributed by atoms with van der Waals surface area (Å²) in [6.07, 6.45) is 1.76. The van der Waals surface area contributed by atoms with Gasteiger partial charge in [0.15, 0.2) is 5.69 Å². The zero-order chi connectivity index (χ0) is 13.1. The highest BCUT2D eigenvalue weighted by atomic mass is 14.9. The molecule has 0 aliphatic rings. The van der Waals surface area contributed by atoms with Crippen LogP contribution in [0.25, 0.3) is 0 Å². The molecular weight excluding hydrogens is 222 g/mol. The third kappa shape index (κ3) is 2.60. The molecule has 92 valence electrons. The number of hydrogen-bond donors (Lipinski definition) is 1. The molecule has 0 aliphatic carbocycles. The van der Waals surface area contributed by atoms with Gasteiger partial charge in [0.05, 0.1) is 5.69 Å². The largest absolute Gasteiger partial charge is 0.345 e. The number of rotatable bonds is 3. The number of nitriles is 1. The maximum atomic E-state index is 9.00. The highest BCUT2D eigenvalue weighted by Crippen LogP contribution is 2.14. The van der Waals surface area contributed by atoms with Crippen molar-refractivity contribution in [3.8, 4) is 6.07 Å². The van der Waals surface area contributed by atoms with Crippen LogP contribution in [0.4, 0.5) is 0 Å². The topological polar surface area (TPSA) is 52.5 Å². The standard InChI is InChI=1S/C15H17N3/c1-10-4-5-11(2)13(8-10)6-7-14-15(9-16)18-12(3)17-14/h4-5,8H,6-7H2,1-3H3,(H,17,18). The molecule has 2 rings (SSSR count). The van der Waals surface area contributed by atoms with Gasteiger partial charge in [0.25, 0.3) is 0 Å². The van der Waals surface area contributed by atoms with Crippen LogP contribution in [0.5, 0.6) is 0 Å². The lowest BCUT2D eigenvalue weighted by Crippen LogP contribution is -1.97. The first-order chi connectivity index (χ1) is 8.60. The molecule has 0 radical (unpaired) electrons. The van der Waals surface area contributed by atoms with Crippen LogP contribution in [0, 0.1) is 32.1 Å². The molecule has 3 heteroatoms. The van der Waals surface area contributed by atoms with Gasteiger partial charge in [-0.15, -0.1) is 0 Å². The van der Waals surface area contributed by atoms with E-state index >= 15 is 0 Å². The van der Waals surface area contributed by atoms with E-state index in [1.807, 2.05) is 6.92 Å². The number of hydrogen-bond acceptors (Lipinski definition) is 2. The minimum Gasteiger partial charge on any atom is -0.345 e. The monoisotopic (exact) mass is 239 g/mol. The summed E-state index contributed by atoms with van der Waals surface area (Å²) in [7, 11) is 0. The van der Waals surface area contributed by atoms with E-state index < -0.39 is 0 Å². The van der Waals surface area contributed by atoms with Crippen molar-refractivity contribution >= 4 is 0 Å². The van der Waals surface area contributed by atoms with Crippen molar-refractivity contribution in [2.45, 2.75) is 33.6 Å². The van der Waals surface area contributed by atoms with Crippen LogP contribution in [-0.4, -0.2) is 9.97 Å². The van der Waals surface area contributed by atoms with Crippen LogP contribution in [0.3, 0.4) is 0 Å². The predicted molar refractivity (Wildman–Crippen MR) is 71.4 cm³/mol. The Hall–Kier alpha value is -2.08. The van der Waals surface area contributed by atoms with Crippen LogP contribution in [0.1, 0.15) is 33.9 Å². The number of nitrogens with one attached hydrogen (secondary N) is 1. The summed E-state index contributed by atoms with van der Waals surface area (Å²) in [4.78, 5) is 7.33. The van der Waals surface area contributed by atoms with Crippen molar-refractivity contribution in [2.75, 3.05) is 0 Å². The Balaban J connectivity index is 2.16. The van der Waals surface area contributed by atoms with Crippen molar-refractivity contribution < 1.29 is 0 Å². The average molecular weight is 239 g/mol. The van der Waals surface area contributed by atoms with E-state index in [1.54, 1.807) is 0 Å². The zero-order valence-corrected chi connectivity index (χ0v) is 11.0. The van der Waals surface area contributed by atoms with E-state index in [2.05, 4.69) is 48.1 Å². The van der Waals surface area contributed by atoms with Gasteiger partial charge in [-0.05, 0) is 44.7 Å². The molecule has 1 heterocycles. The zero-order valence-electron chi connectivity index (χ0n) is 11.0. The highest BCUT2D eigenvalue weighted by Gasteiger charge is 2.08. The lowest BCUT2D eigenvalue weighted by atomic mass is 10.0. The second kappa shape index (κ2) is 5.05. The van der Waals surface area contributed by atoms with E-state index in [0.717, 1.165) is 24.4 Å². The number of H-pyrrole nitrogens is 1. The van der Waals surface area contributed by atoms with Gasteiger partial charge < -0.3 is 4.98 Å². The fraction of sp³-hybridized carbons (Fsp3) is 0.333. The second-order valence-electron chi connectivity index (χ2n) is 4.69. The van der Waals surface area contributed by atoms with Gasteiger partial charge >= 0.3 is 0 Å². The summed E-state index contributed by atoms with van der Waals surface area (Å²) in [5.74, 6) is 0.808. The molecule has 0 fully saturated rings. The number of imidazole rings is 1. The van der Waals surface area contributed by atoms with Crippen molar-refractivity contribution in [3.05, 3.63) is 52.1 Å². The summed E-state index contributed by atoms with van der Waals surface area (Å²) in [6.45, 7) is 6.10. The van der Waals surface area contributed by atoms with Crippen LogP contribution in [-0.2, 0) is 12.8 Å². The van der Waals surface area contributed by atoms with Gasteiger partial charge in [-0.3, -0.25) is 0 Å². The number of aryl methyl sites for hydroxylation is 5. The summed E-state index contributed by atoms with van der Waals surface area (Å²) in [5.41, 5.74) is 5.38. The van der Waals surface area contributed by atoms with E-state index in [0.29, 0.717) is 5.69 Å². The van der Waals surface area contributed by atoms with Crippen molar-refractivity contribution in [1.82, 2.24) is 9.97 Å². The van der Waals surface area contributed by atoms with Crippen LogP contribution < -0.4 is 0 Å². The normalized spacial score (nSPS) is 10.3. The fourth-order valence-electron chi connectivity index (χ4n) is 2.14. The molecule has 1 aromatic carbocycles. The smallest absolute Gasteiger partial charge is 0.161 e. The Bertz CT molecular complexity index is 601. The van der Waals surface area contributed by atoms with E-state index in [9.17, 15) is 0 Å². The SMILES string of the molecule is Cc1ccc(C)c(CCc2[nH]c(C)nc2C#N)c1. The van der Waals surface area contributed by atoms with Gasteiger partial charge in [-0.1, -0.05) is 23.8 Å². The quantitative estimate of drug-likeness (QED) is 0.895. The Labute approximate surface area is 107 Å². The molecule has 0 aliphatic heterocycles. The Morgan fingerprint density at radius 1 is 1.22 bits per heavy atom. The maximum absolute atomic E-state index is 9.00. The third-order valence-corrected chi connectivity index (χ3v) is 3.15. The minimum absolute atomic E-state index is 0.526. The molecular formula is C15H17N3. The summed E-state index contributed by atoms with van der Waals surface area (Å²) in [5, 5.41) is 9.00. The minimum atomic E-state index is 0.526. The Morgan fingerprint density at radius 2 is 2.00 bits per heavy atom. The molecule has 2 aromatic rings. The van der Waals surface area contributed by atoms with Gasteiger partial charge in [0, 0.05) is 0 Å². The molecule has 0 atom stereocenters. The first-order valence-corrected chi connectivity index (χ1v) is 6.12. The van der Waals surface area contributed by atoms with E-state index in [-0.39, 0.29) is 0 Å². The molecule has 0 bridgehead atoms. The number of aromatic nitrogens is 2. The molecule has 0 saturated heterocycles. The molecule has 3 nitrogen and oxygen atoms in total. The first kappa shape index (κ1) is 12.4. The molecule has 1 N–H and O–H groups in total. The Kier molecular flexibility index (Phi) is 3.47. The highest BCUT2D eigenvalue weighted by molar-refractivity contribution is 5.33. The molecule has 0 spiro atoms. The van der Waals surface area contributed by atoms with E-state index in [1.165, 1.54) is 16.7 Å². The Morgan fingerprint density at radius 3 is 2.72 bits per heavy atom. The molecule has 0 amide bonds. The predicted octanol–water partition coefficient (Wildman–Crippen LogP) is 2.99. The number of nitrogens with zero attached hydrogens (tertiary/aromatic N) is 2. The first-order valence-electron chi connectivity index (χ1n) is 6.12.